The van der Waals surface area contributed by atoms with Crippen LogP contribution < -0.4 is 11.1 Å². The highest BCUT2D eigenvalue weighted by molar-refractivity contribution is 7.99. The second-order valence-electron chi connectivity index (χ2n) is 5.13. The summed E-state index contributed by atoms with van der Waals surface area (Å²) in [6.45, 7) is 2.71. The van der Waals surface area contributed by atoms with Crippen LogP contribution in [0.2, 0.25) is 0 Å². The fourth-order valence-corrected chi connectivity index (χ4v) is 5.49. The van der Waals surface area contributed by atoms with Crippen molar-refractivity contribution in [2.45, 2.75) is 18.2 Å². The van der Waals surface area contributed by atoms with Gasteiger partial charge in [-0.1, -0.05) is 25.2 Å². The number of thiocarbonyl (C=S) groups is 1. The van der Waals surface area contributed by atoms with E-state index in [4.69, 9.17) is 18.0 Å². The van der Waals surface area contributed by atoms with Gasteiger partial charge < -0.3 is 11.1 Å². The molecule has 2 rings (SSSR count). The normalized spacial score (nSPS) is 20.3. The number of hydrogen-bond acceptors (Lipinski definition) is 5. The number of sulfone groups is 1. The Morgan fingerprint density at radius 2 is 2.29 bits per heavy atom. The van der Waals surface area contributed by atoms with Gasteiger partial charge in [0.25, 0.3) is 0 Å². The summed E-state index contributed by atoms with van der Waals surface area (Å²) < 4.78 is 23.0. The molecule has 1 fully saturated rings. The van der Waals surface area contributed by atoms with E-state index in [9.17, 15) is 8.42 Å². The zero-order chi connectivity index (χ0) is 15.5. The first-order chi connectivity index (χ1) is 9.93. The molecule has 1 unspecified atom stereocenters. The highest BCUT2D eigenvalue weighted by Gasteiger charge is 2.27. The Labute approximate surface area is 135 Å². The van der Waals surface area contributed by atoms with E-state index in [0.717, 1.165) is 28.3 Å². The summed E-state index contributed by atoms with van der Waals surface area (Å²) in [5, 5.41) is 3.33. The molecular formula is C14H20N2O2S3. The van der Waals surface area contributed by atoms with E-state index >= 15 is 0 Å². The molecule has 21 heavy (non-hydrogen) atoms. The molecule has 116 valence electrons. The summed E-state index contributed by atoms with van der Waals surface area (Å²) in [7, 11) is -2.84. The molecule has 0 saturated carbocycles. The molecule has 1 aliphatic heterocycles. The van der Waals surface area contributed by atoms with Crippen molar-refractivity contribution >= 4 is 44.5 Å². The van der Waals surface area contributed by atoms with E-state index in [1.54, 1.807) is 11.8 Å². The van der Waals surface area contributed by atoms with Crippen molar-refractivity contribution in [1.29, 1.82) is 0 Å². The lowest BCUT2D eigenvalue weighted by Gasteiger charge is -2.16. The molecule has 4 nitrogen and oxygen atoms in total. The van der Waals surface area contributed by atoms with Crippen LogP contribution in [0, 0.1) is 5.92 Å². The molecule has 0 bridgehead atoms. The summed E-state index contributed by atoms with van der Waals surface area (Å²) in [5.74, 6) is 1.68. The molecule has 0 spiro atoms. The van der Waals surface area contributed by atoms with Gasteiger partial charge in [-0.2, -0.15) is 0 Å². The third kappa shape index (κ3) is 4.34. The minimum Gasteiger partial charge on any atom is -0.389 e. The number of benzene rings is 1. The Balaban J connectivity index is 2.13. The van der Waals surface area contributed by atoms with Crippen LogP contribution in [0.1, 0.15) is 18.9 Å². The Bertz CT molecular complexity index is 629. The molecule has 0 radical (unpaired) electrons. The number of nitrogens with one attached hydrogen (secondary N) is 1. The average Bonchev–Trinajstić information content (AvgIpc) is 2.76. The van der Waals surface area contributed by atoms with Crippen LogP contribution in [-0.4, -0.2) is 37.2 Å². The van der Waals surface area contributed by atoms with Crippen molar-refractivity contribution in [3.8, 4) is 0 Å². The van der Waals surface area contributed by atoms with Crippen LogP contribution >= 0.6 is 24.0 Å². The quantitative estimate of drug-likeness (QED) is 0.609. The second-order valence-corrected chi connectivity index (χ2v) is 9.10. The Kier molecular flexibility index (Phi) is 5.51. The van der Waals surface area contributed by atoms with E-state index in [1.807, 2.05) is 18.2 Å². The lowest BCUT2D eigenvalue weighted by atomic mass is 10.1. The Hall–Kier alpha value is -0.790. The Morgan fingerprint density at radius 1 is 1.52 bits per heavy atom. The average molecular weight is 345 g/mol. The summed E-state index contributed by atoms with van der Waals surface area (Å²) in [4.78, 5) is 1.43. The maximum atomic E-state index is 11.5. The predicted octanol–water partition coefficient (Wildman–Crippen LogP) is 2.28. The SMILES string of the molecule is CCSc1cccc(NCC2CCS(=O)(=O)C2)c1C(N)=S. The van der Waals surface area contributed by atoms with E-state index < -0.39 is 9.84 Å². The van der Waals surface area contributed by atoms with Gasteiger partial charge in [-0.3, -0.25) is 0 Å². The zero-order valence-electron chi connectivity index (χ0n) is 12.0. The molecule has 1 saturated heterocycles. The first-order valence-electron chi connectivity index (χ1n) is 6.93. The van der Waals surface area contributed by atoms with Crippen molar-refractivity contribution in [3.63, 3.8) is 0 Å². The van der Waals surface area contributed by atoms with Crippen LogP contribution in [0.25, 0.3) is 0 Å². The molecule has 1 aromatic rings. The van der Waals surface area contributed by atoms with Crippen molar-refractivity contribution in [1.82, 2.24) is 0 Å². The van der Waals surface area contributed by atoms with Crippen LogP contribution in [0.15, 0.2) is 23.1 Å². The van der Waals surface area contributed by atoms with Gasteiger partial charge in [-0.25, -0.2) is 8.42 Å². The number of hydrogen-bond donors (Lipinski definition) is 2. The van der Waals surface area contributed by atoms with E-state index in [-0.39, 0.29) is 11.7 Å². The van der Waals surface area contributed by atoms with Crippen LogP contribution in [0.3, 0.4) is 0 Å². The van der Waals surface area contributed by atoms with E-state index in [2.05, 4.69) is 12.2 Å². The smallest absolute Gasteiger partial charge is 0.150 e. The molecule has 3 N–H and O–H groups in total. The zero-order valence-corrected chi connectivity index (χ0v) is 14.4. The van der Waals surface area contributed by atoms with Crippen LogP contribution in [0.4, 0.5) is 5.69 Å². The highest BCUT2D eigenvalue weighted by atomic mass is 32.2. The molecule has 1 aliphatic rings. The standard InChI is InChI=1S/C14H20N2O2S3/c1-2-20-12-5-3-4-11(13(12)14(15)19)16-8-10-6-7-21(17,18)9-10/h3-5,10,16H,2,6-9H2,1H3,(H2,15,19). The molecule has 0 amide bonds. The van der Waals surface area contributed by atoms with Gasteiger partial charge in [-0.05, 0) is 30.2 Å². The topological polar surface area (TPSA) is 72.2 Å². The fraction of sp³-hybridized carbons (Fsp3) is 0.500. The minimum atomic E-state index is -2.84. The minimum absolute atomic E-state index is 0.164. The lowest BCUT2D eigenvalue weighted by Crippen LogP contribution is -2.19. The predicted molar refractivity (Wildman–Crippen MR) is 94.0 cm³/mol. The van der Waals surface area contributed by atoms with Crippen molar-refractivity contribution in [2.24, 2.45) is 11.7 Å². The van der Waals surface area contributed by atoms with Gasteiger partial charge in [-0.15, -0.1) is 11.8 Å². The van der Waals surface area contributed by atoms with Gasteiger partial charge in [0.2, 0.25) is 0 Å². The number of nitrogens with two attached hydrogens (primary N) is 1. The van der Waals surface area contributed by atoms with Crippen LogP contribution in [0.5, 0.6) is 0 Å². The van der Waals surface area contributed by atoms with Gasteiger partial charge in [0.05, 0.1) is 11.5 Å². The highest BCUT2D eigenvalue weighted by Crippen LogP contribution is 2.29. The van der Waals surface area contributed by atoms with E-state index in [0.29, 0.717) is 17.3 Å². The van der Waals surface area contributed by atoms with Gasteiger partial charge in [0, 0.05) is 22.7 Å². The van der Waals surface area contributed by atoms with E-state index in [1.165, 1.54) is 0 Å². The monoisotopic (exact) mass is 344 g/mol. The lowest BCUT2D eigenvalue weighted by molar-refractivity contribution is 0.596. The third-order valence-corrected chi connectivity index (χ3v) is 6.46. The maximum Gasteiger partial charge on any atom is 0.150 e. The van der Waals surface area contributed by atoms with Gasteiger partial charge >= 0.3 is 0 Å². The fourth-order valence-electron chi connectivity index (χ4n) is 2.50. The van der Waals surface area contributed by atoms with Crippen molar-refractivity contribution < 1.29 is 8.42 Å². The Morgan fingerprint density at radius 3 is 2.86 bits per heavy atom. The molecule has 0 aliphatic carbocycles. The number of rotatable bonds is 6. The van der Waals surface area contributed by atoms with Gasteiger partial charge in [0.1, 0.15) is 4.99 Å². The first kappa shape index (κ1) is 16.6. The summed E-state index contributed by atoms with van der Waals surface area (Å²) >= 11 is 6.86. The summed E-state index contributed by atoms with van der Waals surface area (Å²) in [5.41, 5.74) is 7.61. The molecule has 0 aromatic heterocycles. The number of thioether (sulfide) groups is 1. The molecule has 1 aromatic carbocycles. The summed E-state index contributed by atoms with van der Waals surface area (Å²) in [6.07, 6.45) is 0.723. The van der Waals surface area contributed by atoms with Crippen molar-refractivity contribution in [2.75, 3.05) is 29.1 Å². The molecular weight excluding hydrogens is 324 g/mol. The molecule has 1 heterocycles. The first-order valence-corrected chi connectivity index (χ1v) is 10.1. The molecule has 7 heteroatoms. The number of anilines is 1. The maximum absolute atomic E-state index is 11.5. The second kappa shape index (κ2) is 6.98. The van der Waals surface area contributed by atoms with Crippen LogP contribution in [-0.2, 0) is 9.84 Å². The largest absolute Gasteiger partial charge is 0.389 e. The van der Waals surface area contributed by atoms with Crippen molar-refractivity contribution in [3.05, 3.63) is 23.8 Å². The summed E-state index contributed by atoms with van der Waals surface area (Å²) in [6, 6.07) is 5.92. The van der Waals surface area contributed by atoms with Gasteiger partial charge in [0.15, 0.2) is 9.84 Å². The third-order valence-electron chi connectivity index (χ3n) is 3.48. The molecule has 1 atom stereocenters.